The molecule has 98 valence electrons. The van der Waals surface area contributed by atoms with Crippen LogP contribution in [-0.4, -0.2) is 29.1 Å². The lowest BCUT2D eigenvalue weighted by molar-refractivity contribution is -0.138. The topological polar surface area (TPSA) is 92.4 Å². The van der Waals surface area contributed by atoms with Crippen LogP contribution in [0, 0.1) is 11.8 Å². The van der Waals surface area contributed by atoms with Crippen LogP contribution >= 0.6 is 0 Å². The summed E-state index contributed by atoms with van der Waals surface area (Å²) in [5.74, 6) is -0.671. The number of carbonyl (C=O) groups is 2. The first-order chi connectivity index (χ1) is 7.95. The first kappa shape index (κ1) is 14.0. The van der Waals surface area contributed by atoms with Gasteiger partial charge in [-0.25, -0.2) is 0 Å². The molecule has 3 unspecified atom stereocenters. The SMILES string of the molecule is CCC(C)C(N)C(=O)NC(CC(=O)O)C1CC1. The normalized spacial score (nSPS) is 20.4. The Labute approximate surface area is 102 Å². The molecule has 1 aliphatic carbocycles. The zero-order valence-electron chi connectivity index (χ0n) is 10.5. The Morgan fingerprint density at radius 2 is 2.06 bits per heavy atom. The smallest absolute Gasteiger partial charge is 0.305 e. The number of nitrogens with two attached hydrogens (primary N) is 1. The lowest BCUT2D eigenvalue weighted by Gasteiger charge is -2.22. The van der Waals surface area contributed by atoms with Crippen molar-refractivity contribution in [3.05, 3.63) is 0 Å². The lowest BCUT2D eigenvalue weighted by Crippen LogP contribution is -2.49. The van der Waals surface area contributed by atoms with Crippen LogP contribution in [-0.2, 0) is 9.59 Å². The van der Waals surface area contributed by atoms with Gasteiger partial charge in [0.1, 0.15) is 0 Å². The average molecular weight is 242 g/mol. The number of amides is 1. The number of hydrogen-bond acceptors (Lipinski definition) is 3. The number of carboxylic acid groups (broad SMARTS) is 1. The van der Waals surface area contributed by atoms with Crippen LogP contribution in [0.3, 0.4) is 0 Å². The van der Waals surface area contributed by atoms with Gasteiger partial charge < -0.3 is 16.2 Å². The van der Waals surface area contributed by atoms with Crippen LogP contribution < -0.4 is 11.1 Å². The van der Waals surface area contributed by atoms with Crippen molar-refractivity contribution in [2.75, 3.05) is 0 Å². The number of nitrogens with one attached hydrogen (secondary N) is 1. The van der Waals surface area contributed by atoms with Gasteiger partial charge in [-0.2, -0.15) is 0 Å². The monoisotopic (exact) mass is 242 g/mol. The molecule has 0 aromatic rings. The van der Waals surface area contributed by atoms with Crippen molar-refractivity contribution in [1.29, 1.82) is 0 Å². The van der Waals surface area contributed by atoms with Crippen molar-refractivity contribution in [1.82, 2.24) is 5.32 Å². The quantitative estimate of drug-likeness (QED) is 0.613. The Bertz CT molecular complexity index is 289. The molecule has 5 heteroatoms. The van der Waals surface area contributed by atoms with Crippen LogP contribution in [0.2, 0.25) is 0 Å². The molecule has 0 bridgehead atoms. The highest BCUT2D eigenvalue weighted by molar-refractivity contribution is 5.82. The summed E-state index contributed by atoms with van der Waals surface area (Å²) < 4.78 is 0. The summed E-state index contributed by atoms with van der Waals surface area (Å²) in [6, 6.07) is -0.801. The van der Waals surface area contributed by atoms with Gasteiger partial charge in [-0.3, -0.25) is 9.59 Å². The van der Waals surface area contributed by atoms with Gasteiger partial charge in [-0.1, -0.05) is 20.3 Å². The van der Waals surface area contributed by atoms with Crippen LogP contribution in [0.25, 0.3) is 0 Å². The largest absolute Gasteiger partial charge is 0.481 e. The molecule has 0 saturated heterocycles. The molecule has 17 heavy (non-hydrogen) atoms. The van der Waals surface area contributed by atoms with Gasteiger partial charge in [0, 0.05) is 6.04 Å². The van der Waals surface area contributed by atoms with E-state index in [1.54, 1.807) is 0 Å². The van der Waals surface area contributed by atoms with E-state index in [4.69, 9.17) is 10.8 Å². The molecular formula is C12H22N2O3. The Balaban J connectivity index is 2.48. The molecule has 0 aliphatic heterocycles. The van der Waals surface area contributed by atoms with Crippen LogP contribution in [0.1, 0.15) is 39.5 Å². The van der Waals surface area contributed by atoms with Gasteiger partial charge in [0.25, 0.3) is 0 Å². The molecule has 5 nitrogen and oxygen atoms in total. The van der Waals surface area contributed by atoms with E-state index in [0.717, 1.165) is 19.3 Å². The zero-order valence-corrected chi connectivity index (χ0v) is 10.5. The highest BCUT2D eigenvalue weighted by Gasteiger charge is 2.34. The van der Waals surface area contributed by atoms with Crippen LogP contribution in [0.5, 0.6) is 0 Å². The van der Waals surface area contributed by atoms with Crippen LogP contribution in [0.4, 0.5) is 0 Å². The summed E-state index contributed by atoms with van der Waals surface area (Å²) in [4.78, 5) is 22.5. The standard InChI is InChI=1S/C12H22N2O3/c1-3-7(2)11(13)12(17)14-9(6-10(15)16)8-4-5-8/h7-9,11H,3-6,13H2,1-2H3,(H,14,17)(H,15,16). The Hall–Kier alpha value is -1.10. The summed E-state index contributed by atoms with van der Waals surface area (Å²) in [5.41, 5.74) is 5.81. The van der Waals surface area contributed by atoms with Crippen molar-refractivity contribution in [3.63, 3.8) is 0 Å². The first-order valence-electron chi connectivity index (χ1n) is 6.23. The third-order valence-corrected chi connectivity index (χ3v) is 3.47. The molecule has 0 aromatic heterocycles. The molecule has 4 N–H and O–H groups in total. The fourth-order valence-corrected chi connectivity index (χ4v) is 1.81. The summed E-state index contributed by atoms with van der Waals surface area (Å²) >= 11 is 0. The maximum atomic E-state index is 11.8. The number of aliphatic carboxylic acids is 1. The fraction of sp³-hybridized carbons (Fsp3) is 0.833. The van der Waals surface area contributed by atoms with Gasteiger partial charge in [-0.15, -0.1) is 0 Å². The molecule has 1 fully saturated rings. The Kier molecular flexibility index (Phi) is 4.93. The maximum Gasteiger partial charge on any atom is 0.305 e. The Morgan fingerprint density at radius 3 is 2.47 bits per heavy atom. The van der Waals surface area contributed by atoms with Crippen molar-refractivity contribution in [3.8, 4) is 0 Å². The second kappa shape index (κ2) is 6.00. The summed E-state index contributed by atoms with van der Waals surface area (Å²) in [7, 11) is 0. The third kappa shape index (κ3) is 4.34. The van der Waals surface area contributed by atoms with Crippen molar-refractivity contribution >= 4 is 11.9 Å². The van der Waals surface area contributed by atoms with E-state index in [1.165, 1.54) is 0 Å². The van der Waals surface area contributed by atoms with E-state index >= 15 is 0 Å². The van der Waals surface area contributed by atoms with Crippen molar-refractivity contribution in [2.45, 2.75) is 51.6 Å². The van der Waals surface area contributed by atoms with E-state index in [-0.39, 0.29) is 24.3 Å². The second-order valence-electron chi connectivity index (χ2n) is 4.96. The van der Waals surface area contributed by atoms with Gasteiger partial charge in [0.2, 0.25) is 5.91 Å². The van der Waals surface area contributed by atoms with Gasteiger partial charge in [0.15, 0.2) is 0 Å². The molecule has 0 spiro atoms. The summed E-state index contributed by atoms with van der Waals surface area (Å²) in [5, 5.41) is 11.6. The second-order valence-corrected chi connectivity index (χ2v) is 4.96. The summed E-state index contributed by atoms with van der Waals surface area (Å²) in [6.45, 7) is 3.90. The molecule has 0 aromatic carbocycles. The molecule has 1 saturated carbocycles. The van der Waals surface area contributed by atoms with Crippen molar-refractivity contribution < 1.29 is 14.7 Å². The maximum absolute atomic E-state index is 11.8. The minimum Gasteiger partial charge on any atom is -0.481 e. The predicted molar refractivity (Wildman–Crippen MR) is 64.3 cm³/mol. The number of hydrogen-bond donors (Lipinski definition) is 3. The number of carboxylic acids is 1. The molecule has 0 radical (unpaired) electrons. The highest BCUT2D eigenvalue weighted by atomic mass is 16.4. The molecule has 0 heterocycles. The average Bonchev–Trinajstić information content (AvgIpc) is 3.09. The number of carbonyl (C=O) groups excluding carboxylic acids is 1. The van der Waals surface area contributed by atoms with E-state index in [2.05, 4.69) is 5.32 Å². The molecule has 1 aliphatic rings. The summed E-state index contributed by atoms with van der Waals surface area (Å²) in [6.07, 6.45) is 2.82. The van der Waals surface area contributed by atoms with E-state index in [9.17, 15) is 9.59 Å². The predicted octanol–water partition coefficient (Wildman–Crippen LogP) is 0.729. The van der Waals surface area contributed by atoms with Gasteiger partial charge in [0.05, 0.1) is 12.5 Å². The lowest BCUT2D eigenvalue weighted by atomic mass is 9.98. The molecule has 1 amide bonds. The van der Waals surface area contributed by atoms with E-state index in [0.29, 0.717) is 5.92 Å². The van der Waals surface area contributed by atoms with E-state index < -0.39 is 12.0 Å². The minimum atomic E-state index is -0.876. The fourth-order valence-electron chi connectivity index (χ4n) is 1.81. The van der Waals surface area contributed by atoms with Crippen LogP contribution in [0.15, 0.2) is 0 Å². The van der Waals surface area contributed by atoms with Crippen molar-refractivity contribution in [2.24, 2.45) is 17.6 Å². The third-order valence-electron chi connectivity index (χ3n) is 3.47. The molecular weight excluding hydrogens is 220 g/mol. The first-order valence-corrected chi connectivity index (χ1v) is 6.23. The highest BCUT2D eigenvalue weighted by Crippen LogP contribution is 2.34. The zero-order chi connectivity index (χ0) is 13.0. The van der Waals surface area contributed by atoms with E-state index in [1.807, 2.05) is 13.8 Å². The van der Waals surface area contributed by atoms with Gasteiger partial charge in [-0.05, 0) is 24.7 Å². The molecule has 1 rings (SSSR count). The van der Waals surface area contributed by atoms with Gasteiger partial charge >= 0.3 is 5.97 Å². The minimum absolute atomic E-state index is 0.0103. The Morgan fingerprint density at radius 1 is 1.47 bits per heavy atom. The molecule has 3 atom stereocenters. The number of rotatable bonds is 7.